The largest absolute Gasteiger partial charge is 0.346 e. The minimum atomic E-state index is -0.455. The summed E-state index contributed by atoms with van der Waals surface area (Å²) < 4.78 is 15.0. The SMILES string of the molecule is Cn1nc(C(=O)NCc2ccccc2F)cc1NC(=O)c1ccccc1. The third-order valence-electron chi connectivity index (χ3n) is 3.79. The van der Waals surface area contributed by atoms with Crippen LogP contribution in [0.25, 0.3) is 0 Å². The number of rotatable bonds is 5. The van der Waals surface area contributed by atoms with Crippen LogP contribution in [0, 0.1) is 5.82 Å². The highest BCUT2D eigenvalue weighted by atomic mass is 19.1. The molecular weight excluding hydrogens is 335 g/mol. The lowest BCUT2D eigenvalue weighted by atomic mass is 10.2. The monoisotopic (exact) mass is 352 g/mol. The molecule has 3 rings (SSSR count). The zero-order valence-electron chi connectivity index (χ0n) is 14.1. The highest BCUT2D eigenvalue weighted by Gasteiger charge is 2.15. The fraction of sp³-hybridized carbons (Fsp3) is 0.105. The summed E-state index contributed by atoms with van der Waals surface area (Å²) >= 11 is 0. The number of halogens is 1. The Morgan fingerprint density at radius 1 is 1.04 bits per heavy atom. The summed E-state index contributed by atoms with van der Waals surface area (Å²) in [6.45, 7) is 0.0494. The Labute approximate surface area is 149 Å². The molecule has 0 unspecified atom stereocenters. The molecular formula is C19H17FN4O2. The van der Waals surface area contributed by atoms with E-state index in [9.17, 15) is 14.0 Å². The number of carbonyl (C=O) groups is 2. The van der Waals surface area contributed by atoms with Gasteiger partial charge in [-0.2, -0.15) is 5.10 Å². The molecule has 7 heteroatoms. The number of aryl methyl sites for hydroxylation is 1. The van der Waals surface area contributed by atoms with Gasteiger partial charge in [-0.25, -0.2) is 4.39 Å². The normalized spacial score (nSPS) is 10.4. The predicted octanol–water partition coefficient (Wildman–Crippen LogP) is 2.74. The first-order valence-corrected chi connectivity index (χ1v) is 7.96. The van der Waals surface area contributed by atoms with Gasteiger partial charge < -0.3 is 10.6 Å². The van der Waals surface area contributed by atoms with E-state index in [2.05, 4.69) is 15.7 Å². The highest BCUT2D eigenvalue weighted by molar-refractivity contribution is 6.04. The zero-order valence-corrected chi connectivity index (χ0v) is 14.1. The van der Waals surface area contributed by atoms with Gasteiger partial charge in [-0.1, -0.05) is 36.4 Å². The van der Waals surface area contributed by atoms with E-state index in [0.717, 1.165) is 0 Å². The van der Waals surface area contributed by atoms with Crippen molar-refractivity contribution < 1.29 is 14.0 Å². The molecule has 3 aromatic rings. The van der Waals surface area contributed by atoms with Gasteiger partial charge in [0, 0.05) is 30.8 Å². The molecule has 1 heterocycles. The lowest BCUT2D eigenvalue weighted by Crippen LogP contribution is -2.23. The molecule has 2 amide bonds. The maximum atomic E-state index is 13.6. The molecule has 0 spiro atoms. The summed E-state index contributed by atoms with van der Waals surface area (Å²) in [5, 5.41) is 9.41. The van der Waals surface area contributed by atoms with Crippen LogP contribution in [0.4, 0.5) is 10.2 Å². The van der Waals surface area contributed by atoms with Crippen molar-refractivity contribution in [3.8, 4) is 0 Å². The van der Waals surface area contributed by atoms with Crippen molar-refractivity contribution in [3.63, 3.8) is 0 Å². The fourth-order valence-electron chi connectivity index (χ4n) is 2.38. The smallest absolute Gasteiger partial charge is 0.272 e. The van der Waals surface area contributed by atoms with Gasteiger partial charge in [0.15, 0.2) is 5.69 Å². The van der Waals surface area contributed by atoms with Gasteiger partial charge in [0.1, 0.15) is 11.6 Å². The standard InChI is InChI=1S/C19H17FN4O2/c1-24-17(22-18(25)13-7-3-2-4-8-13)11-16(23-24)19(26)21-12-14-9-5-6-10-15(14)20/h2-11H,12H2,1H3,(H,21,26)(H,22,25). The van der Waals surface area contributed by atoms with E-state index in [1.165, 1.54) is 16.8 Å². The molecule has 0 radical (unpaired) electrons. The summed E-state index contributed by atoms with van der Waals surface area (Å²) in [7, 11) is 1.62. The third-order valence-corrected chi connectivity index (χ3v) is 3.79. The topological polar surface area (TPSA) is 76.0 Å². The lowest BCUT2D eigenvalue weighted by molar-refractivity contribution is 0.0944. The quantitative estimate of drug-likeness (QED) is 0.741. The molecule has 2 aromatic carbocycles. The molecule has 0 saturated heterocycles. The van der Waals surface area contributed by atoms with E-state index in [4.69, 9.17) is 0 Å². The number of benzene rings is 2. The number of nitrogens with one attached hydrogen (secondary N) is 2. The number of hydrogen-bond acceptors (Lipinski definition) is 3. The minimum Gasteiger partial charge on any atom is -0.346 e. The second-order valence-corrected chi connectivity index (χ2v) is 5.63. The highest BCUT2D eigenvalue weighted by Crippen LogP contribution is 2.12. The second kappa shape index (κ2) is 7.60. The Balaban J connectivity index is 1.66. The van der Waals surface area contributed by atoms with Crippen LogP contribution < -0.4 is 10.6 Å². The molecule has 0 aliphatic carbocycles. The van der Waals surface area contributed by atoms with Crippen molar-refractivity contribution in [2.75, 3.05) is 5.32 Å². The van der Waals surface area contributed by atoms with Crippen LogP contribution in [-0.4, -0.2) is 21.6 Å². The number of carbonyl (C=O) groups excluding carboxylic acids is 2. The van der Waals surface area contributed by atoms with Crippen molar-refractivity contribution in [1.29, 1.82) is 0 Å². The third kappa shape index (κ3) is 3.94. The van der Waals surface area contributed by atoms with Crippen molar-refractivity contribution in [2.45, 2.75) is 6.54 Å². The van der Waals surface area contributed by atoms with Gasteiger partial charge in [-0.05, 0) is 18.2 Å². The van der Waals surface area contributed by atoms with Crippen LogP contribution in [0.5, 0.6) is 0 Å². The summed E-state index contributed by atoms with van der Waals surface area (Å²) in [4.78, 5) is 24.4. The van der Waals surface area contributed by atoms with Crippen LogP contribution in [-0.2, 0) is 13.6 Å². The van der Waals surface area contributed by atoms with Gasteiger partial charge in [-0.15, -0.1) is 0 Å². The molecule has 6 nitrogen and oxygen atoms in total. The van der Waals surface area contributed by atoms with E-state index >= 15 is 0 Å². The van der Waals surface area contributed by atoms with Crippen molar-refractivity contribution in [2.24, 2.45) is 7.05 Å². The Morgan fingerprint density at radius 3 is 2.46 bits per heavy atom. The van der Waals surface area contributed by atoms with Crippen LogP contribution in [0.3, 0.4) is 0 Å². The number of amides is 2. The molecule has 132 valence electrons. The average Bonchev–Trinajstić information content (AvgIpc) is 3.02. The fourth-order valence-corrected chi connectivity index (χ4v) is 2.38. The molecule has 26 heavy (non-hydrogen) atoms. The predicted molar refractivity (Wildman–Crippen MR) is 95.2 cm³/mol. The Hall–Kier alpha value is -3.48. The van der Waals surface area contributed by atoms with E-state index in [0.29, 0.717) is 16.9 Å². The summed E-state index contributed by atoms with van der Waals surface area (Å²) in [5.74, 6) is -0.754. The van der Waals surface area contributed by atoms with Crippen LogP contribution >= 0.6 is 0 Å². The average molecular weight is 352 g/mol. The van der Waals surface area contributed by atoms with Gasteiger partial charge >= 0.3 is 0 Å². The van der Waals surface area contributed by atoms with Gasteiger partial charge in [0.05, 0.1) is 0 Å². The van der Waals surface area contributed by atoms with E-state index in [-0.39, 0.29) is 24.0 Å². The van der Waals surface area contributed by atoms with Gasteiger partial charge in [0.2, 0.25) is 0 Å². The molecule has 0 saturated carbocycles. The first-order chi connectivity index (χ1) is 12.5. The van der Waals surface area contributed by atoms with E-state index in [1.54, 1.807) is 49.5 Å². The maximum Gasteiger partial charge on any atom is 0.272 e. The Bertz CT molecular complexity index is 938. The number of nitrogens with zero attached hydrogens (tertiary/aromatic N) is 2. The molecule has 0 aliphatic rings. The van der Waals surface area contributed by atoms with E-state index < -0.39 is 5.91 Å². The maximum absolute atomic E-state index is 13.6. The molecule has 0 fully saturated rings. The Morgan fingerprint density at radius 2 is 1.73 bits per heavy atom. The van der Waals surface area contributed by atoms with Crippen molar-refractivity contribution in [1.82, 2.24) is 15.1 Å². The first-order valence-electron chi connectivity index (χ1n) is 7.96. The molecule has 0 bridgehead atoms. The molecule has 2 N–H and O–H groups in total. The Kier molecular flexibility index (Phi) is 5.07. The van der Waals surface area contributed by atoms with Gasteiger partial charge in [-0.3, -0.25) is 14.3 Å². The molecule has 0 aliphatic heterocycles. The lowest BCUT2D eigenvalue weighted by Gasteiger charge is -2.04. The minimum absolute atomic E-state index is 0.0494. The van der Waals surface area contributed by atoms with E-state index in [1.807, 2.05) is 6.07 Å². The van der Waals surface area contributed by atoms with Crippen LogP contribution in [0.15, 0.2) is 60.7 Å². The number of hydrogen-bond donors (Lipinski definition) is 2. The number of aromatic nitrogens is 2. The summed E-state index contributed by atoms with van der Waals surface area (Å²) in [6, 6.07) is 16.4. The van der Waals surface area contributed by atoms with Crippen molar-refractivity contribution >= 4 is 17.6 Å². The zero-order chi connectivity index (χ0) is 18.5. The summed E-state index contributed by atoms with van der Waals surface area (Å²) in [6.07, 6.45) is 0. The first kappa shape index (κ1) is 17.3. The summed E-state index contributed by atoms with van der Waals surface area (Å²) in [5.41, 5.74) is 1.01. The van der Waals surface area contributed by atoms with Gasteiger partial charge in [0.25, 0.3) is 11.8 Å². The van der Waals surface area contributed by atoms with Crippen LogP contribution in [0.2, 0.25) is 0 Å². The second-order valence-electron chi connectivity index (χ2n) is 5.63. The molecule has 1 aromatic heterocycles. The number of anilines is 1. The van der Waals surface area contributed by atoms with Crippen LogP contribution in [0.1, 0.15) is 26.4 Å². The van der Waals surface area contributed by atoms with Crippen molar-refractivity contribution in [3.05, 3.63) is 83.3 Å². The molecule has 0 atom stereocenters.